The summed E-state index contributed by atoms with van der Waals surface area (Å²) in [6.07, 6.45) is 5.56. The van der Waals surface area contributed by atoms with E-state index in [4.69, 9.17) is 0 Å². The van der Waals surface area contributed by atoms with E-state index in [-0.39, 0.29) is 5.91 Å². The largest absolute Gasteiger partial charge is 0.344 e. The molecule has 1 aliphatic rings. The zero-order chi connectivity index (χ0) is 15.9. The number of carbonyl (C=O) groups is 1. The van der Waals surface area contributed by atoms with Crippen LogP contribution in [0.15, 0.2) is 12.4 Å². The van der Waals surface area contributed by atoms with Crippen LogP contribution in [0, 0.1) is 0 Å². The van der Waals surface area contributed by atoms with Gasteiger partial charge in [0, 0.05) is 52.2 Å². The van der Waals surface area contributed by atoms with Crippen LogP contribution in [0.3, 0.4) is 0 Å². The van der Waals surface area contributed by atoms with Crippen molar-refractivity contribution in [2.75, 3.05) is 51.2 Å². The fraction of sp³-hybridized carbons (Fsp3) is 0.688. The third-order valence-electron chi connectivity index (χ3n) is 4.18. The predicted molar refractivity (Wildman–Crippen MR) is 88.2 cm³/mol. The minimum absolute atomic E-state index is 0.0403. The number of aromatic nitrogens is 2. The SMILES string of the molecule is CCCCN(C)c1ncc(C(=O)N2CCN(CC)CC2)cn1. The van der Waals surface area contributed by atoms with Crippen LogP contribution in [0.1, 0.15) is 37.0 Å². The van der Waals surface area contributed by atoms with Gasteiger partial charge in [0.25, 0.3) is 5.91 Å². The zero-order valence-corrected chi connectivity index (χ0v) is 14.0. The number of anilines is 1. The Bertz CT molecular complexity index is 468. The third kappa shape index (κ3) is 4.16. The number of piperazine rings is 1. The van der Waals surface area contributed by atoms with Crippen LogP contribution in [-0.2, 0) is 0 Å². The van der Waals surface area contributed by atoms with Gasteiger partial charge in [-0.05, 0) is 13.0 Å². The van der Waals surface area contributed by atoms with E-state index in [1.807, 2.05) is 16.8 Å². The molecule has 0 radical (unpaired) electrons. The van der Waals surface area contributed by atoms with E-state index in [1.54, 1.807) is 12.4 Å². The van der Waals surface area contributed by atoms with Crippen LogP contribution in [0.2, 0.25) is 0 Å². The Kier molecular flexibility index (Phi) is 6.12. The van der Waals surface area contributed by atoms with E-state index in [0.717, 1.165) is 52.1 Å². The van der Waals surface area contributed by atoms with Crippen molar-refractivity contribution < 1.29 is 4.79 Å². The Balaban J connectivity index is 1.94. The maximum absolute atomic E-state index is 12.5. The molecule has 1 aliphatic heterocycles. The normalized spacial score (nSPS) is 15.9. The molecule has 1 aromatic rings. The van der Waals surface area contributed by atoms with Crippen molar-refractivity contribution in [1.82, 2.24) is 19.8 Å². The van der Waals surface area contributed by atoms with Gasteiger partial charge in [-0.15, -0.1) is 0 Å². The van der Waals surface area contributed by atoms with Crippen molar-refractivity contribution in [2.45, 2.75) is 26.7 Å². The molecule has 0 aromatic carbocycles. The Morgan fingerprint density at radius 3 is 2.36 bits per heavy atom. The number of rotatable bonds is 6. The molecule has 122 valence electrons. The molecule has 1 fully saturated rings. The number of unbranched alkanes of at least 4 members (excludes halogenated alkanes) is 1. The molecule has 0 atom stereocenters. The topological polar surface area (TPSA) is 52.6 Å². The van der Waals surface area contributed by atoms with Crippen molar-refractivity contribution in [2.24, 2.45) is 0 Å². The van der Waals surface area contributed by atoms with E-state index < -0.39 is 0 Å². The number of carbonyl (C=O) groups excluding carboxylic acids is 1. The maximum atomic E-state index is 12.5. The van der Waals surface area contributed by atoms with Gasteiger partial charge in [0.05, 0.1) is 5.56 Å². The van der Waals surface area contributed by atoms with Crippen molar-refractivity contribution in [3.05, 3.63) is 18.0 Å². The van der Waals surface area contributed by atoms with Crippen LogP contribution in [0.5, 0.6) is 0 Å². The first-order valence-corrected chi connectivity index (χ1v) is 8.20. The summed E-state index contributed by atoms with van der Waals surface area (Å²) in [5, 5.41) is 0. The highest BCUT2D eigenvalue weighted by Crippen LogP contribution is 2.10. The highest BCUT2D eigenvalue weighted by atomic mass is 16.2. The highest BCUT2D eigenvalue weighted by molar-refractivity contribution is 5.93. The average molecular weight is 305 g/mol. The number of amides is 1. The summed E-state index contributed by atoms with van der Waals surface area (Å²) in [7, 11) is 1.98. The Morgan fingerprint density at radius 2 is 1.82 bits per heavy atom. The van der Waals surface area contributed by atoms with Crippen molar-refractivity contribution in [1.29, 1.82) is 0 Å². The summed E-state index contributed by atoms with van der Waals surface area (Å²) in [5.74, 6) is 0.722. The van der Waals surface area contributed by atoms with E-state index in [2.05, 4.69) is 28.7 Å². The molecule has 0 aliphatic carbocycles. The monoisotopic (exact) mass is 305 g/mol. The second-order valence-electron chi connectivity index (χ2n) is 5.77. The third-order valence-corrected chi connectivity index (χ3v) is 4.18. The molecule has 0 saturated carbocycles. The molecule has 1 aromatic heterocycles. The molecule has 2 rings (SSSR count). The summed E-state index contributed by atoms with van der Waals surface area (Å²) in [6, 6.07) is 0. The van der Waals surface area contributed by atoms with Crippen LogP contribution in [0.25, 0.3) is 0 Å². The van der Waals surface area contributed by atoms with Crippen molar-refractivity contribution in [3.63, 3.8) is 0 Å². The molecule has 1 saturated heterocycles. The highest BCUT2D eigenvalue weighted by Gasteiger charge is 2.21. The fourth-order valence-corrected chi connectivity index (χ4v) is 2.57. The summed E-state index contributed by atoms with van der Waals surface area (Å²) < 4.78 is 0. The summed E-state index contributed by atoms with van der Waals surface area (Å²) >= 11 is 0. The van der Waals surface area contributed by atoms with Crippen molar-refractivity contribution >= 4 is 11.9 Å². The first kappa shape index (κ1) is 16.7. The van der Waals surface area contributed by atoms with Gasteiger partial charge < -0.3 is 14.7 Å². The van der Waals surface area contributed by atoms with Crippen LogP contribution < -0.4 is 4.90 Å². The Labute approximate surface area is 133 Å². The quantitative estimate of drug-likeness (QED) is 0.797. The first-order valence-electron chi connectivity index (χ1n) is 8.20. The van der Waals surface area contributed by atoms with Gasteiger partial charge in [-0.1, -0.05) is 20.3 Å². The summed E-state index contributed by atoms with van der Waals surface area (Å²) in [4.78, 5) is 27.4. The predicted octanol–water partition coefficient (Wildman–Crippen LogP) is 1.49. The molecular formula is C16H27N5O. The van der Waals surface area contributed by atoms with Crippen LogP contribution >= 0.6 is 0 Å². The van der Waals surface area contributed by atoms with E-state index in [9.17, 15) is 4.79 Å². The molecule has 0 bridgehead atoms. The van der Waals surface area contributed by atoms with Crippen molar-refractivity contribution in [3.8, 4) is 0 Å². The Hall–Kier alpha value is -1.69. The lowest BCUT2D eigenvalue weighted by Gasteiger charge is -2.34. The second-order valence-corrected chi connectivity index (χ2v) is 5.77. The molecule has 6 heteroatoms. The number of hydrogen-bond donors (Lipinski definition) is 0. The van der Waals surface area contributed by atoms with Gasteiger partial charge in [0.2, 0.25) is 5.95 Å². The lowest BCUT2D eigenvalue weighted by Crippen LogP contribution is -2.48. The van der Waals surface area contributed by atoms with Crippen LogP contribution in [0.4, 0.5) is 5.95 Å². The summed E-state index contributed by atoms with van der Waals surface area (Å²) in [6.45, 7) is 9.75. The zero-order valence-electron chi connectivity index (χ0n) is 14.0. The minimum Gasteiger partial charge on any atom is -0.344 e. The van der Waals surface area contributed by atoms with E-state index in [0.29, 0.717) is 11.5 Å². The number of likely N-dealkylation sites (N-methyl/N-ethyl adjacent to an activating group) is 1. The Morgan fingerprint density at radius 1 is 1.18 bits per heavy atom. The van der Waals surface area contributed by atoms with Gasteiger partial charge in [-0.25, -0.2) is 9.97 Å². The number of nitrogens with zero attached hydrogens (tertiary/aromatic N) is 5. The smallest absolute Gasteiger partial charge is 0.257 e. The number of hydrogen-bond acceptors (Lipinski definition) is 5. The fourth-order valence-electron chi connectivity index (χ4n) is 2.57. The maximum Gasteiger partial charge on any atom is 0.257 e. The van der Waals surface area contributed by atoms with Crippen LogP contribution in [-0.4, -0.2) is 72.0 Å². The molecule has 0 N–H and O–H groups in total. The molecule has 6 nitrogen and oxygen atoms in total. The summed E-state index contributed by atoms with van der Waals surface area (Å²) in [5.41, 5.74) is 0.581. The molecular weight excluding hydrogens is 278 g/mol. The molecule has 22 heavy (non-hydrogen) atoms. The first-order chi connectivity index (χ1) is 10.7. The molecule has 0 unspecified atom stereocenters. The van der Waals surface area contributed by atoms with Gasteiger partial charge in [0.1, 0.15) is 0 Å². The van der Waals surface area contributed by atoms with Gasteiger partial charge in [0.15, 0.2) is 0 Å². The lowest BCUT2D eigenvalue weighted by molar-refractivity contribution is 0.0642. The molecule has 1 amide bonds. The molecule has 2 heterocycles. The second kappa shape index (κ2) is 8.08. The van der Waals surface area contributed by atoms with E-state index in [1.165, 1.54) is 0 Å². The van der Waals surface area contributed by atoms with E-state index >= 15 is 0 Å². The average Bonchev–Trinajstić information content (AvgIpc) is 2.59. The van der Waals surface area contributed by atoms with Gasteiger partial charge >= 0.3 is 0 Å². The molecule has 0 spiro atoms. The van der Waals surface area contributed by atoms with Gasteiger partial charge in [-0.2, -0.15) is 0 Å². The lowest BCUT2D eigenvalue weighted by atomic mass is 10.2. The standard InChI is InChI=1S/C16H27N5O/c1-4-6-7-19(3)16-17-12-14(13-18-16)15(22)21-10-8-20(5-2)9-11-21/h12-13H,4-11H2,1-3H3. The minimum atomic E-state index is 0.0403. The van der Waals surface area contributed by atoms with Gasteiger partial charge in [-0.3, -0.25) is 4.79 Å².